The third-order valence-corrected chi connectivity index (χ3v) is 3.63. The minimum atomic E-state index is 0.171. The molecule has 1 atom stereocenters. The molecule has 20 heavy (non-hydrogen) atoms. The van der Waals surface area contributed by atoms with Gasteiger partial charge in [-0.2, -0.15) is 5.10 Å². The molecule has 4 heteroatoms. The summed E-state index contributed by atoms with van der Waals surface area (Å²) in [6.07, 6.45) is 5.51. The minimum absolute atomic E-state index is 0.171. The topological polar surface area (TPSA) is 56.7 Å². The van der Waals surface area contributed by atoms with Crippen LogP contribution in [0.2, 0.25) is 0 Å². The third kappa shape index (κ3) is 3.07. The highest BCUT2D eigenvalue weighted by atomic mass is 15.3. The Morgan fingerprint density at radius 2 is 2.05 bits per heavy atom. The summed E-state index contributed by atoms with van der Waals surface area (Å²) in [7, 11) is 0. The molecule has 108 valence electrons. The number of hydrogen-bond acceptors (Lipinski definition) is 3. The summed E-state index contributed by atoms with van der Waals surface area (Å²) < 4.78 is 1.98. The van der Waals surface area contributed by atoms with Crippen molar-refractivity contribution in [3.05, 3.63) is 41.3 Å². The smallest absolute Gasteiger partial charge is 0.156 e. The Bertz CT molecular complexity index is 559. The summed E-state index contributed by atoms with van der Waals surface area (Å²) in [6, 6.07) is 6.41. The van der Waals surface area contributed by atoms with E-state index in [0.29, 0.717) is 0 Å². The number of nitrogens with two attached hydrogens (primary N) is 1. The summed E-state index contributed by atoms with van der Waals surface area (Å²) in [5.74, 6) is 0.924. The van der Waals surface area contributed by atoms with Gasteiger partial charge in [0.05, 0.1) is 5.69 Å². The van der Waals surface area contributed by atoms with Gasteiger partial charge in [-0.15, -0.1) is 0 Å². The summed E-state index contributed by atoms with van der Waals surface area (Å²) in [5.41, 5.74) is 9.58. The molecule has 0 aliphatic heterocycles. The van der Waals surface area contributed by atoms with Crippen LogP contribution in [0, 0.1) is 0 Å². The van der Waals surface area contributed by atoms with Gasteiger partial charge in [-0.1, -0.05) is 26.8 Å². The molecule has 0 saturated heterocycles. The summed E-state index contributed by atoms with van der Waals surface area (Å²) in [6.45, 7) is 6.38. The lowest BCUT2D eigenvalue weighted by Gasteiger charge is -2.13. The van der Waals surface area contributed by atoms with Gasteiger partial charge in [0.15, 0.2) is 5.82 Å². The van der Waals surface area contributed by atoms with Crippen LogP contribution in [0.1, 0.15) is 44.1 Å². The Balaban J connectivity index is 2.44. The van der Waals surface area contributed by atoms with Crippen molar-refractivity contribution in [2.75, 3.05) is 0 Å². The lowest BCUT2D eigenvalue weighted by molar-refractivity contribution is 0.637. The standard InChI is InChI=1S/C16H24N4/c1-4-13(17)10-12-8-7-9-18-16(12)20-15(6-3)11-14(5-2)19-20/h7-9,11,13H,4-6,10,17H2,1-3H3. The first-order valence-electron chi connectivity index (χ1n) is 7.47. The van der Waals surface area contributed by atoms with Crippen molar-refractivity contribution in [2.24, 2.45) is 5.73 Å². The predicted molar refractivity (Wildman–Crippen MR) is 82.1 cm³/mol. The van der Waals surface area contributed by atoms with E-state index in [1.54, 1.807) is 0 Å². The lowest BCUT2D eigenvalue weighted by Crippen LogP contribution is -2.22. The fourth-order valence-electron chi connectivity index (χ4n) is 2.29. The van der Waals surface area contributed by atoms with Crippen LogP contribution in [0.15, 0.2) is 24.4 Å². The maximum absolute atomic E-state index is 6.10. The zero-order valence-electron chi connectivity index (χ0n) is 12.6. The number of nitrogens with zero attached hydrogens (tertiary/aromatic N) is 3. The SMILES string of the molecule is CCc1cc(CC)n(-c2ncccc2CC(N)CC)n1. The average Bonchev–Trinajstić information content (AvgIpc) is 2.91. The van der Waals surface area contributed by atoms with E-state index in [1.807, 2.05) is 16.9 Å². The van der Waals surface area contributed by atoms with E-state index in [4.69, 9.17) is 5.73 Å². The highest BCUT2D eigenvalue weighted by molar-refractivity contribution is 5.36. The molecule has 0 saturated carbocycles. The first-order valence-corrected chi connectivity index (χ1v) is 7.47. The van der Waals surface area contributed by atoms with Crippen molar-refractivity contribution in [3.63, 3.8) is 0 Å². The Labute approximate surface area is 121 Å². The quantitative estimate of drug-likeness (QED) is 0.879. The van der Waals surface area contributed by atoms with Crippen LogP contribution in [0.25, 0.3) is 5.82 Å². The van der Waals surface area contributed by atoms with Gasteiger partial charge in [-0.3, -0.25) is 0 Å². The van der Waals surface area contributed by atoms with Crippen LogP contribution in [-0.4, -0.2) is 20.8 Å². The molecule has 0 aromatic carbocycles. The Hall–Kier alpha value is -1.68. The number of pyridine rings is 1. The first-order chi connectivity index (χ1) is 9.69. The van der Waals surface area contributed by atoms with Gasteiger partial charge in [-0.25, -0.2) is 9.67 Å². The number of rotatable bonds is 6. The average molecular weight is 272 g/mol. The molecule has 0 aliphatic carbocycles. The van der Waals surface area contributed by atoms with E-state index >= 15 is 0 Å². The Morgan fingerprint density at radius 3 is 2.70 bits per heavy atom. The van der Waals surface area contributed by atoms with Crippen LogP contribution in [-0.2, 0) is 19.3 Å². The van der Waals surface area contributed by atoms with E-state index in [0.717, 1.165) is 37.2 Å². The van der Waals surface area contributed by atoms with Gasteiger partial charge < -0.3 is 5.73 Å². The van der Waals surface area contributed by atoms with E-state index < -0.39 is 0 Å². The zero-order chi connectivity index (χ0) is 14.5. The highest BCUT2D eigenvalue weighted by Gasteiger charge is 2.13. The molecule has 0 spiro atoms. The van der Waals surface area contributed by atoms with Gasteiger partial charge in [0.25, 0.3) is 0 Å². The van der Waals surface area contributed by atoms with E-state index in [2.05, 4.69) is 43.0 Å². The van der Waals surface area contributed by atoms with Crippen molar-refractivity contribution in [1.82, 2.24) is 14.8 Å². The second kappa shape index (κ2) is 6.66. The first kappa shape index (κ1) is 14.7. The Morgan fingerprint density at radius 1 is 1.25 bits per heavy atom. The predicted octanol–water partition coefficient (Wildman–Crippen LogP) is 2.67. The monoisotopic (exact) mass is 272 g/mol. The van der Waals surface area contributed by atoms with Crippen LogP contribution in [0.3, 0.4) is 0 Å². The number of hydrogen-bond donors (Lipinski definition) is 1. The Kier molecular flexibility index (Phi) is 4.90. The largest absolute Gasteiger partial charge is 0.327 e. The van der Waals surface area contributed by atoms with Crippen molar-refractivity contribution in [1.29, 1.82) is 0 Å². The fraction of sp³-hybridized carbons (Fsp3) is 0.500. The van der Waals surface area contributed by atoms with Crippen LogP contribution < -0.4 is 5.73 Å². The van der Waals surface area contributed by atoms with Gasteiger partial charge in [0, 0.05) is 17.9 Å². The van der Waals surface area contributed by atoms with E-state index in [-0.39, 0.29) is 6.04 Å². The minimum Gasteiger partial charge on any atom is -0.327 e. The van der Waals surface area contributed by atoms with Crippen LogP contribution >= 0.6 is 0 Å². The highest BCUT2D eigenvalue weighted by Crippen LogP contribution is 2.17. The maximum atomic E-state index is 6.10. The van der Waals surface area contributed by atoms with Gasteiger partial charge >= 0.3 is 0 Å². The second-order valence-electron chi connectivity index (χ2n) is 5.10. The molecule has 1 unspecified atom stereocenters. The van der Waals surface area contributed by atoms with Gasteiger partial charge in [0.1, 0.15) is 0 Å². The molecule has 0 aliphatic rings. The number of aryl methyl sites for hydroxylation is 2. The zero-order valence-corrected chi connectivity index (χ0v) is 12.6. The second-order valence-corrected chi connectivity index (χ2v) is 5.10. The van der Waals surface area contributed by atoms with Crippen molar-refractivity contribution in [3.8, 4) is 5.82 Å². The summed E-state index contributed by atoms with van der Waals surface area (Å²) >= 11 is 0. The number of aromatic nitrogens is 3. The molecule has 2 rings (SSSR count). The maximum Gasteiger partial charge on any atom is 0.156 e. The van der Waals surface area contributed by atoms with E-state index in [9.17, 15) is 0 Å². The third-order valence-electron chi connectivity index (χ3n) is 3.63. The van der Waals surface area contributed by atoms with Crippen LogP contribution in [0.4, 0.5) is 0 Å². The molecule has 2 aromatic heterocycles. The van der Waals surface area contributed by atoms with Crippen molar-refractivity contribution >= 4 is 0 Å². The molecular formula is C16H24N4. The van der Waals surface area contributed by atoms with E-state index in [1.165, 1.54) is 11.3 Å². The van der Waals surface area contributed by atoms with Crippen molar-refractivity contribution in [2.45, 2.75) is 52.5 Å². The molecule has 0 fully saturated rings. The molecule has 2 aromatic rings. The summed E-state index contributed by atoms with van der Waals surface area (Å²) in [5, 5.41) is 4.68. The summed E-state index contributed by atoms with van der Waals surface area (Å²) in [4.78, 5) is 4.54. The lowest BCUT2D eigenvalue weighted by atomic mass is 10.1. The molecule has 4 nitrogen and oxygen atoms in total. The van der Waals surface area contributed by atoms with Gasteiger partial charge in [-0.05, 0) is 43.4 Å². The molecule has 0 amide bonds. The molecule has 0 bridgehead atoms. The molecule has 2 N–H and O–H groups in total. The molecular weight excluding hydrogens is 248 g/mol. The fourth-order valence-corrected chi connectivity index (χ4v) is 2.29. The normalized spacial score (nSPS) is 12.6. The molecule has 0 radical (unpaired) electrons. The molecule has 2 heterocycles. The van der Waals surface area contributed by atoms with Gasteiger partial charge in [0.2, 0.25) is 0 Å². The van der Waals surface area contributed by atoms with Crippen molar-refractivity contribution < 1.29 is 0 Å². The van der Waals surface area contributed by atoms with Crippen LogP contribution in [0.5, 0.6) is 0 Å².